The van der Waals surface area contributed by atoms with Crippen LogP contribution >= 0.6 is 23.2 Å². The van der Waals surface area contributed by atoms with E-state index in [1.54, 1.807) is 25.2 Å². The van der Waals surface area contributed by atoms with E-state index >= 15 is 0 Å². The number of amides is 2. The predicted octanol–water partition coefficient (Wildman–Crippen LogP) is 4.85. The lowest BCUT2D eigenvalue weighted by Gasteiger charge is -2.30. The number of rotatable bonds is 8. The Hall–Kier alpha value is -2.24. The molecule has 7 heteroatoms. The van der Waals surface area contributed by atoms with Gasteiger partial charge in [0.25, 0.3) is 5.91 Å². The normalized spacial score (nSPS) is 11.7. The number of hydrogen-bond acceptors (Lipinski definition) is 3. The van der Waals surface area contributed by atoms with E-state index < -0.39 is 6.04 Å². The van der Waals surface area contributed by atoms with Crippen LogP contribution in [0.1, 0.15) is 35.6 Å². The van der Waals surface area contributed by atoms with Gasteiger partial charge in [0.2, 0.25) is 5.91 Å². The lowest BCUT2D eigenvalue weighted by atomic mass is 10.1. The Labute approximate surface area is 188 Å². The molecule has 2 amide bonds. The number of aryl methyl sites for hydroxylation is 2. The van der Waals surface area contributed by atoms with Gasteiger partial charge in [0.1, 0.15) is 11.8 Å². The average Bonchev–Trinajstić information content (AvgIpc) is 2.71. The summed E-state index contributed by atoms with van der Waals surface area (Å²) < 4.78 is 5.86. The molecule has 0 aromatic heterocycles. The minimum absolute atomic E-state index is 0.168. The summed E-state index contributed by atoms with van der Waals surface area (Å²) in [5.41, 5.74) is 3.93. The van der Waals surface area contributed by atoms with Gasteiger partial charge in [-0.1, -0.05) is 42.3 Å². The molecule has 1 N–H and O–H groups in total. The molecule has 0 bridgehead atoms. The highest BCUT2D eigenvalue weighted by molar-refractivity contribution is 6.42. The molecule has 162 valence electrons. The molecule has 2 rings (SSSR count). The summed E-state index contributed by atoms with van der Waals surface area (Å²) in [6, 6.07) is 8.53. The van der Waals surface area contributed by atoms with E-state index in [0.29, 0.717) is 22.2 Å². The average molecular weight is 451 g/mol. The number of hydrogen-bond donors (Lipinski definition) is 1. The first kappa shape index (κ1) is 24.0. The van der Waals surface area contributed by atoms with E-state index in [1.165, 1.54) is 4.90 Å². The fourth-order valence-corrected chi connectivity index (χ4v) is 3.61. The van der Waals surface area contributed by atoms with Gasteiger partial charge < -0.3 is 15.0 Å². The lowest BCUT2D eigenvalue weighted by molar-refractivity contribution is -0.142. The molecule has 0 heterocycles. The maximum Gasteiger partial charge on any atom is 0.261 e. The quantitative estimate of drug-likeness (QED) is 0.624. The second-order valence-electron chi connectivity index (χ2n) is 7.30. The summed E-state index contributed by atoms with van der Waals surface area (Å²) in [5.74, 6) is 0.159. The smallest absolute Gasteiger partial charge is 0.261 e. The second kappa shape index (κ2) is 10.7. The zero-order chi connectivity index (χ0) is 22.4. The number of likely N-dealkylation sites (N-methyl/N-ethyl adjacent to an activating group) is 1. The van der Waals surface area contributed by atoms with Gasteiger partial charge in [0.15, 0.2) is 6.61 Å². The summed E-state index contributed by atoms with van der Waals surface area (Å²) in [6.45, 7) is 7.86. The van der Waals surface area contributed by atoms with Gasteiger partial charge in [0.05, 0.1) is 10.0 Å². The summed E-state index contributed by atoms with van der Waals surface area (Å²) in [6.07, 6.45) is 0.468. The van der Waals surface area contributed by atoms with Crippen LogP contribution in [0.15, 0.2) is 30.3 Å². The molecule has 0 radical (unpaired) electrons. The number of carbonyl (C=O) groups excluding carboxylic acids is 2. The maximum absolute atomic E-state index is 13.1. The van der Waals surface area contributed by atoms with E-state index in [1.807, 2.05) is 33.8 Å². The predicted molar refractivity (Wildman–Crippen MR) is 121 cm³/mol. The Balaban J connectivity index is 2.27. The molecular weight excluding hydrogens is 423 g/mol. The first-order chi connectivity index (χ1) is 14.2. The van der Waals surface area contributed by atoms with Crippen molar-refractivity contribution in [1.29, 1.82) is 0 Å². The van der Waals surface area contributed by atoms with Crippen molar-refractivity contribution >= 4 is 35.0 Å². The van der Waals surface area contributed by atoms with Crippen molar-refractivity contribution in [3.63, 3.8) is 0 Å². The van der Waals surface area contributed by atoms with Crippen LogP contribution in [0.4, 0.5) is 0 Å². The summed E-state index contributed by atoms with van der Waals surface area (Å²) in [7, 11) is 1.56. The van der Waals surface area contributed by atoms with Gasteiger partial charge >= 0.3 is 0 Å². The molecule has 0 aliphatic rings. The Morgan fingerprint density at radius 2 is 1.80 bits per heavy atom. The van der Waals surface area contributed by atoms with Gasteiger partial charge in [-0.2, -0.15) is 0 Å². The van der Waals surface area contributed by atoms with Crippen LogP contribution in [0.3, 0.4) is 0 Å². The fourth-order valence-electron chi connectivity index (χ4n) is 3.29. The molecule has 2 aromatic carbocycles. The molecule has 5 nitrogen and oxygen atoms in total. The van der Waals surface area contributed by atoms with Crippen molar-refractivity contribution in [2.24, 2.45) is 0 Å². The topological polar surface area (TPSA) is 58.6 Å². The zero-order valence-corrected chi connectivity index (χ0v) is 19.5. The molecule has 0 unspecified atom stereocenters. The molecule has 0 fully saturated rings. The molecule has 0 saturated carbocycles. The molecule has 1 atom stereocenters. The van der Waals surface area contributed by atoms with Crippen LogP contribution in [0, 0.1) is 20.8 Å². The molecule has 0 aliphatic carbocycles. The van der Waals surface area contributed by atoms with Gasteiger partial charge in [-0.15, -0.1) is 0 Å². The van der Waals surface area contributed by atoms with E-state index in [4.69, 9.17) is 27.9 Å². The summed E-state index contributed by atoms with van der Waals surface area (Å²) in [5, 5.41) is 3.47. The van der Waals surface area contributed by atoms with Gasteiger partial charge in [0, 0.05) is 13.6 Å². The van der Waals surface area contributed by atoms with Gasteiger partial charge in [-0.3, -0.25) is 9.59 Å². The summed E-state index contributed by atoms with van der Waals surface area (Å²) >= 11 is 12.1. The summed E-state index contributed by atoms with van der Waals surface area (Å²) in [4.78, 5) is 27.1. The molecular formula is C23H28Cl2N2O3. The largest absolute Gasteiger partial charge is 0.483 e. The first-order valence-electron chi connectivity index (χ1n) is 9.83. The Morgan fingerprint density at radius 3 is 2.40 bits per heavy atom. The fraction of sp³-hybridized carbons (Fsp3) is 0.391. The van der Waals surface area contributed by atoms with Crippen LogP contribution in [-0.4, -0.2) is 36.4 Å². The zero-order valence-electron chi connectivity index (χ0n) is 18.0. The van der Waals surface area contributed by atoms with Crippen LogP contribution in [-0.2, 0) is 16.1 Å². The third kappa shape index (κ3) is 5.89. The van der Waals surface area contributed by atoms with Crippen molar-refractivity contribution in [3.8, 4) is 5.75 Å². The number of nitrogens with zero attached hydrogens (tertiary/aromatic N) is 1. The Bertz CT molecular complexity index is 931. The minimum atomic E-state index is -0.624. The van der Waals surface area contributed by atoms with E-state index in [9.17, 15) is 9.59 Å². The van der Waals surface area contributed by atoms with Crippen molar-refractivity contribution in [2.75, 3.05) is 13.7 Å². The van der Waals surface area contributed by atoms with E-state index in [0.717, 1.165) is 22.3 Å². The van der Waals surface area contributed by atoms with Crippen molar-refractivity contribution in [3.05, 3.63) is 62.6 Å². The van der Waals surface area contributed by atoms with Crippen LogP contribution in [0.5, 0.6) is 5.75 Å². The SMILES string of the molecule is CC[C@@H](C(=O)NC)N(Cc1ccc(Cl)c(Cl)c1)C(=O)COc1cc(C)cc(C)c1C. The highest BCUT2D eigenvalue weighted by Gasteiger charge is 2.28. The molecule has 2 aromatic rings. The van der Waals surface area contributed by atoms with E-state index in [-0.39, 0.29) is 25.0 Å². The number of halogens is 2. The van der Waals surface area contributed by atoms with Crippen molar-refractivity contribution < 1.29 is 14.3 Å². The molecule has 30 heavy (non-hydrogen) atoms. The van der Waals surface area contributed by atoms with Crippen molar-refractivity contribution in [2.45, 2.75) is 46.7 Å². The molecule has 0 spiro atoms. The van der Waals surface area contributed by atoms with Crippen molar-refractivity contribution in [1.82, 2.24) is 10.2 Å². The van der Waals surface area contributed by atoms with Gasteiger partial charge in [-0.25, -0.2) is 0 Å². The Morgan fingerprint density at radius 1 is 1.10 bits per heavy atom. The first-order valence-corrected chi connectivity index (χ1v) is 10.6. The molecule has 0 aliphatic heterocycles. The highest BCUT2D eigenvalue weighted by atomic mass is 35.5. The third-order valence-electron chi connectivity index (χ3n) is 5.08. The molecule has 0 saturated heterocycles. The third-order valence-corrected chi connectivity index (χ3v) is 5.82. The number of nitrogens with one attached hydrogen (secondary N) is 1. The number of ether oxygens (including phenoxy) is 1. The monoisotopic (exact) mass is 450 g/mol. The minimum Gasteiger partial charge on any atom is -0.483 e. The second-order valence-corrected chi connectivity index (χ2v) is 8.12. The number of carbonyl (C=O) groups is 2. The maximum atomic E-state index is 13.1. The number of benzene rings is 2. The van der Waals surface area contributed by atoms with Crippen LogP contribution in [0.2, 0.25) is 10.0 Å². The van der Waals surface area contributed by atoms with E-state index in [2.05, 4.69) is 11.4 Å². The van der Waals surface area contributed by atoms with Gasteiger partial charge in [-0.05, 0) is 67.6 Å². The van der Waals surface area contributed by atoms with Crippen LogP contribution in [0.25, 0.3) is 0 Å². The Kier molecular flexibility index (Phi) is 8.56. The lowest BCUT2D eigenvalue weighted by Crippen LogP contribution is -2.49. The standard InChI is InChI=1S/C23H28Cl2N2O3/c1-6-20(23(29)26-5)27(12-17-7-8-18(24)19(25)11-17)22(28)13-30-21-10-14(2)9-15(3)16(21)4/h7-11,20H,6,12-13H2,1-5H3,(H,26,29)/t20-/m0/s1. The van der Waals surface area contributed by atoms with Crippen LogP contribution < -0.4 is 10.1 Å². The highest BCUT2D eigenvalue weighted by Crippen LogP contribution is 2.25.